The molecule has 0 aliphatic carbocycles. The summed E-state index contributed by atoms with van der Waals surface area (Å²) in [7, 11) is -4.54. The van der Waals surface area contributed by atoms with Crippen molar-refractivity contribution in [1.29, 1.82) is 0 Å². The minimum Gasteiger partial charge on any atom is -0.379 e. The molecule has 0 saturated heterocycles. The third-order valence-electron chi connectivity index (χ3n) is 1.36. The Labute approximate surface area is 102 Å². The van der Waals surface area contributed by atoms with Crippen molar-refractivity contribution in [2.75, 3.05) is 27.7 Å². The summed E-state index contributed by atoms with van der Waals surface area (Å²) in [5, 5.41) is 0. The predicted molar refractivity (Wildman–Crippen MR) is 61.2 cm³/mol. The molecular formula is C7H18F2N2O4S2. The second-order valence-electron chi connectivity index (χ2n) is 4.27. The van der Waals surface area contributed by atoms with Crippen LogP contribution in [0.15, 0.2) is 0 Å². The predicted octanol–water partition coefficient (Wildman–Crippen LogP) is 1.28. The molecule has 0 N–H and O–H groups in total. The number of nitrogens with zero attached hydrogens (tertiary/aromatic N) is 2. The zero-order valence-electron chi connectivity index (χ0n) is 10.2. The van der Waals surface area contributed by atoms with Gasteiger partial charge in [-0.05, 0) is 6.42 Å². The van der Waals surface area contributed by atoms with Gasteiger partial charge in [0.05, 0.1) is 27.7 Å². The van der Waals surface area contributed by atoms with E-state index in [-0.39, 0.29) is 0 Å². The van der Waals surface area contributed by atoms with Crippen LogP contribution in [-0.2, 0) is 20.8 Å². The van der Waals surface area contributed by atoms with E-state index in [0.29, 0.717) is 0 Å². The van der Waals surface area contributed by atoms with Crippen LogP contribution in [0.5, 0.6) is 0 Å². The Kier molecular flexibility index (Phi) is 8.05. The van der Waals surface area contributed by atoms with Crippen LogP contribution in [0.3, 0.4) is 0 Å². The first kappa shape index (κ1) is 19.0. The summed E-state index contributed by atoms with van der Waals surface area (Å²) in [6.45, 7) is 3.53. The van der Waals surface area contributed by atoms with Gasteiger partial charge in [-0.3, -0.25) is 0 Å². The molecule has 0 aromatic carbocycles. The first-order chi connectivity index (χ1) is 7.27. The molecule has 0 atom stereocenters. The first-order valence-corrected chi connectivity index (χ1v) is 7.39. The van der Waals surface area contributed by atoms with Crippen molar-refractivity contribution in [3.63, 3.8) is 0 Å². The Balaban J connectivity index is 0. The fraction of sp³-hybridized carbons (Fsp3) is 1.00. The van der Waals surface area contributed by atoms with E-state index in [4.69, 9.17) is 0 Å². The average molecular weight is 296 g/mol. The maximum atomic E-state index is 11.1. The summed E-state index contributed by atoms with van der Waals surface area (Å²) in [4.78, 5) is 0. The van der Waals surface area contributed by atoms with E-state index in [2.05, 4.69) is 28.1 Å². The van der Waals surface area contributed by atoms with E-state index < -0.39 is 20.8 Å². The number of hydrogen-bond donors (Lipinski definition) is 0. The maximum Gasteiger partial charge on any atom is 0.241 e. The fourth-order valence-electron chi connectivity index (χ4n) is 0.739. The molecule has 0 unspecified atom stereocenters. The lowest BCUT2D eigenvalue weighted by Gasteiger charge is -2.23. The summed E-state index contributed by atoms with van der Waals surface area (Å²) in [6.07, 6.45) is 2.67. The number of halogens is 2. The maximum absolute atomic E-state index is 11.1. The molecule has 0 aromatic heterocycles. The van der Waals surface area contributed by atoms with Crippen LogP contribution < -0.4 is 0 Å². The van der Waals surface area contributed by atoms with E-state index in [0.717, 1.165) is 8.61 Å². The van der Waals surface area contributed by atoms with Crippen molar-refractivity contribution in [3.05, 3.63) is 4.13 Å². The van der Waals surface area contributed by atoms with Crippen LogP contribution in [0.4, 0.5) is 7.77 Å². The summed E-state index contributed by atoms with van der Waals surface area (Å²) in [5.41, 5.74) is 0. The summed E-state index contributed by atoms with van der Waals surface area (Å²) in [5.74, 6) is 0. The van der Waals surface area contributed by atoms with Crippen molar-refractivity contribution in [2.45, 2.75) is 19.8 Å². The highest BCUT2D eigenvalue weighted by Gasteiger charge is 2.03. The molecule has 0 bridgehead atoms. The van der Waals surface area contributed by atoms with Crippen LogP contribution in [-0.4, -0.2) is 49.0 Å². The first-order valence-electron chi connectivity index (χ1n) is 4.71. The molecule has 0 aliphatic heterocycles. The average Bonchev–Trinajstić information content (AvgIpc) is 1.93. The van der Waals surface area contributed by atoms with Crippen LogP contribution in [0, 0.1) is 0 Å². The van der Waals surface area contributed by atoms with E-state index in [1.54, 1.807) is 0 Å². The number of hydrogen-bond acceptors (Lipinski definition) is 4. The Hall–Kier alpha value is -0.320. The van der Waals surface area contributed by atoms with Gasteiger partial charge in [0.1, 0.15) is 0 Å². The van der Waals surface area contributed by atoms with Gasteiger partial charge in [0, 0.05) is 0 Å². The molecule has 0 amide bonds. The summed E-state index contributed by atoms with van der Waals surface area (Å²) >= 11 is 0. The van der Waals surface area contributed by atoms with E-state index >= 15 is 0 Å². The van der Waals surface area contributed by atoms with Gasteiger partial charge in [-0.1, -0.05) is 13.3 Å². The molecule has 0 rings (SSSR count). The molecule has 106 valence electrons. The van der Waals surface area contributed by atoms with Crippen LogP contribution in [0.2, 0.25) is 0 Å². The lowest BCUT2D eigenvalue weighted by atomic mass is 10.3. The Bertz CT molecular complexity index is 370. The van der Waals surface area contributed by atoms with E-state index in [1.165, 1.54) is 19.4 Å². The Morgan fingerprint density at radius 3 is 1.41 bits per heavy atom. The van der Waals surface area contributed by atoms with Crippen molar-refractivity contribution in [2.24, 2.45) is 0 Å². The second-order valence-corrected chi connectivity index (χ2v) is 6.51. The normalized spacial score (nSPS) is 12.8. The van der Waals surface area contributed by atoms with Crippen molar-refractivity contribution < 1.29 is 29.1 Å². The lowest BCUT2D eigenvalue weighted by Crippen LogP contribution is -2.35. The molecule has 17 heavy (non-hydrogen) atoms. The highest BCUT2D eigenvalue weighted by atomic mass is 32.3. The Morgan fingerprint density at radius 2 is 1.35 bits per heavy atom. The highest BCUT2D eigenvalue weighted by molar-refractivity contribution is 8.07. The summed E-state index contributed by atoms with van der Waals surface area (Å²) < 4.78 is 61.2. The van der Waals surface area contributed by atoms with Gasteiger partial charge in [-0.2, -0.15) is 0 Å². The molecular weight excluding hydrogens is 278 g/mol. The topological polar surface area (TPSA) is 82.4 Å². The lowest BCUT2D eigenvalue weighted by molar-refractivity contribution is -0.870. The zero-order chi connectivity index (χ0) is 14.3. The molecule has 10 heteroatoms. The highest BCUT2D eigenvalue weighted by Crippen LogP contribution is 2.11. The van der Waals surface area contributed by atoms with Gasteiger partial charge >= 0.3 is 0 Å². The quantitative estimate of drug-likeness (QED) is 0.565. The molecule has 0 aliphatic rings. The molecule has 6 nitrogen and oxygen atoms in total. The molecule has 0 spiro atoms. The van der Waals surface area contributed by atoms with Gasteiger partial charge in [-0.25, -0.2) is 16.8 Å². The minimum atomic E-state index is -5.62. The smallest absolute Gasteiger partial charge is 0.241 e. The standard InChI is InChI=1S/C7H18N.F2NO4S2/c1-5-6-7-8(2,3)4;1-8(4,5)3-9(2,6)7/h5-7H2,1-4H3;/q+1;-1. The molecule has 0 saturated carbocycles. The zero-order valence-corrected chi connectivity index (χ0v) is 11.9. The van der Waals surface area contributed by atoms with Crippen LogP contribution >= 0.6 is 0 Å². The number of rotatable bonds is 5. The molecule has 0 radical (unpaired) electrons. The SMILES string of the molecule is CCCC[N+](C)(C)C.O=S(=O)(F)[N-]S(=O)(=O)F. The van der Waals surface area contributed by atoms with Gasteiger partial charge in [0.2, 0.25) is 20.8 Å². The molecule has 0 heterocycles. The minimum absolute atomic E-state index is 1.10. The van der Waals surface area contributed by atoms with E-state index in [1.807, 2.05) is 0 Å². The second kappa shape index (κ2) is 7.19. The fourth-order valence-corrected chi connectivity index (χ4v) is 1.59. The summed E-state index contributed by atoms with van der Waals surface area (Å²) in [6, 6.07) is 0. The Morgan fingerprint density at radius 1 is 1.00 bits per heavy atom. The van der Waals surface area contributed by atoms with Crippen LogP contribution in [0.1, 0.15) is 19.8 Å². The van der Waals surface area contributed by atoms with Crippen LogP contribution in [0.25, 0.3) is 4.13 Å². The molecule has 0 aromatic rings. The van der Waals surface area contributed by atoms with Gasteiger partial charge in [0.15, 0.2) is 0 Å². The number of unbranched alkanes of at least 4 members (excludes halogenated alkanes) is 1. The van der Waals surface area contributed by atoms with Gasteiger partial charge in [0.25, 0.3) is 0 Å². The van der Waals surface area contributed by atoms with Gasteiger partial charge in [-0.15, -0.1) is 7.77 Å². The largest absolute Gasteiger partial charge is 0.379 e. The number of quaternary nitrogens is 1. The third-order valence-corrected chi connectivity index (χ3v) is 2.79. The van der Waals surface area contributed by atoms with Crippen molar-refractivity contribution in [1.82, 2.24) is 0 Å². The van der Waals surface area contributed by atoms with Gasteiger partial charge < -0.3 is 8.61 Å². The van der Waals surface area contributed by atoms with E-state index in [9.17, 15) is 24.6 Å². The van der Waals surface area contributed by atoms with Crippen molar-refractivity contribution in [3.8, 4) is 0 Å². The third kappa shape index (κ3) is 25.7. The molecule has 0 fully saturated rings. The monoisotopic (exact) mass is 296 g/mol. The van der Waals surface area contributed by atoms with Crippen molar-refractivity contribution >= 4 is 20.8 Å².